The minimum absolute atomic E-state index is 0.0607. The van der Waals surface area contributed by atoms with Crippen molar-refractivity contribution in [3.8, 4) is 5.75 Å². The molecule has 6 heteroatoms. The average molecular weight is 279 g/mol. The Hall–Kier alpha value is -1.95. The summed E-state index contributed by atoms with van der Waals surface area (Å²) in [6.45, 7) is 5.40. The van der Waals surface area contributed by atoms with Gasteiger partial charge in [-0.25, -0.2) is 4.39 Å². The van der Waals surface area contributed by atoms with Crippen LogP contribution in [0.25, 0.3) is 0 Å². The Kier molecular flexibility index (Phi) is 5.06. The van der Waals surface area contributed by atoms with Crippen molar-refractivity contribution >= 4 is 0 Å². The predicted octanol–water partition coefficient (Wildman–Crippen LogP) is 2.60. The Morgan fingerprint density at radius 1 is 1.35 bits per heavy atom. The van der Waals surface area contributed by atoms with Crippen molar-refractivity contribution < 1.29 is 13.5 Å². The lowest BCUT2D eigenvalue weighted by Crippen LogP contribution is -2.13. The number of benzene rings is 1. The number of hydrogen-bond acceptors (Lipinski definition) is 5. The van der Waals surface area contributed by atoms with E-state index in [1.807, 2.05) is 6.07 Å². The van der Waals surface area contributed by atoms with E-state index >= 15 is 0 Å². The molecule has 2 aromatic rings. The van der Waals surface area contributed by atoms with Crippen molar-refractivity contribution in [2.75, 3.05) is 6.54 Å². The van der Waals surface area contributed by atoms with Gasteiger partial charge < -0.3 is 14.5 Å². The summed E-state index contributed by atoms with van der Waals surface area (Å²) in [4.78, 5) is 0. The van der Waals surface area contributed by atoms with Crippen molar-refractivity contribution in [2.24, 2.45) is 0 Å². The van der Waals surface area contributed by atoms with E-state index in [2.05, 4.69) is 22.4 Å². The van der Waals surface area contributed by atoms with Crippen LogP contribution in [0.5, 0.6) is 5.75 Å². The van der Waals surface area contributed by atoms with E-state index in [9.17, 15) is 4.39 Å². The molecule has 1 aromatic heterocycles. The number of aryl methyl sites for hydroxylation is 1. The molecule has 2 rings (SSSR count). The fourth-order valence-corrected chi connectivity index (χ4v) is 1.72. The molecule has 0 aliphatic heterocycles. The Morgan fingerprint density at radius 3 is 2.85 bits per heavy atom. The zero-order valence-corrected chi connectivity index (χ0v) is 11.6. The van der Waals surface area contributed by atoms with Gasteiger partial charge in [-0.05, 0) is 30.7 Å². The minimum Gasteiger partial charge on any atom is -0.481 e. The lowest BCUT2D eigenvalue weighted by molar-refractivity contribution is 0.249. The van der Waals surface area contributed by atoms with Crippen LogP contribution in [0.15, 0.2) is 22.6 Å². The van der Waals surface area contributed by atoms with E-state index in [4.69, 9.17) is 9.15 Å². The quantitative estimate of drug-likeness (QED) is 0.789. The Bertz CT molecular complexity index is 557. The molecule has 0 saturated heterocycles. The highest BCUT2D eigenvalue weighted by Gasteiger charge is 2.08. The summed E-state index contributed by atoms with van der Waals surface area (Å²) in [6.07, 6.45) is 1.05. The maximum absolute atomic E-state index is 13.8. The van der Waals surface area contributed by atoms with Gasteiger partial charge in [0.2, 0.25) is 5.89 Å². The molecule has 0 atom stereocenters. The third kappa shape index (κ3) is 4.03. The molecule has 1 N–H and O–H groups in total. The molecule has 108 valence electrons. The van der Waals surface area contributed by atoms with Gasteiger partial charge in [-0.1, -0.05) is 13.0 Å². The van der Waals surface area contributed by atoms with Crippen molar-refractivity contribution in [3.05, 3.63) is 41.4 Å². The molecule has 0 spiro atoms. The van der Waals surface area contributed by atoms with Crippen LogP contribution < -0.4 is 10.1 Å². The van der Waals surface area contributed by atoms with E-state index in [0.717, 1.165) is 18.5 Å². The highest BCUT2D eigenvalue weighted by atomic mass is 19.1. The topological polar surface area (TPSA) is 60.2 Å². The molecule has 0 aliphatic rings. The van der Waals surface area contributed by atoms with Gasteiger partial charge in [-0.3, -0.25) is 0 Å². The van der Waals surface area contributed by atoms with Gasteiger partial charge in [-0.2, -0.15) is 0 Å². The van der Waals surface area contributed by atoms with Crippen LogP contribution in [0.2, 0.25) is 0 Å². The molecule has 0 fully saturated rings. The Labute approximate surface area is 117 Å². The van der Waals surface area contributed by atoms with E-state index in [-0.39, 0.29) is 12.4 Å². The fraction of sp³-hybridized carbons (Fsp3) is 0.429. The third-order valence-corrected chi connectivity index (χ3v) is 2.67. The average Bonchev–Trinajstić information content (AvgIpc) is 2.84. The van der Waals surface area contributed by atoms with Gasteiger partial charge >= 0.3 is 0 Å². The van der Waals surface area contributed by atoms with Gasteiger partial charge in [0, 0.05) is 13.5 Å². The minimum atomic E-state index is -0.392. The molecule has 1 aromatic carbocycles. The molecule has 0 amide bonds. The largest absolute Gasteiger partial charge is 0.481 e. The lowest BCUT2D eigenvalue weighted by Gasteiger charge is -2.07. The van der Waals surface area contributed by atoms with E-state index < -0.39 is 5.82 Å². The van der Waals surface area contributed by atoms with Gasteiger partial charge in [0.05, 0.1) is 0 Å². The number of halogens is 1. The first kappa shape index (κ1) is 14.5. The van der Waals surface area contributed by atoms with Crippen LogP contribution >= 0.6 is 0 Å². The normalized spacial score (nSPS) is 10.8. The van der Waals surface area contributed by atoms with Crippen molar-refractivity contribution in [1.82, 2.24) is 15.5 Å². The van der Waals surface area contributed by atoms with E-state index in [0.29, 0.717) is 18.3 Å². The number of hydrogen-bond donors (Lipinski definition) is 1. The second-order valence-electron chi connectivity index (χ2n) is 4.45. The van der Waals surface area contributed by atoms with E-state index in [1.165, 1.54) is 6.07 Å². The summed E-state index contributed by atoms with van der Waals surface area (Å²) < 4.78 is 24.3. The first-order valence-electron chi connectivity index (χ1n) is 6.60. The van der Waals surface area contributed by atoms with Crippen molar-refractivity contribution in [3.63, 3.8) is 0 Å². The summed E-state index contributed by atoms with van der Waals surface area (Å²) in [5, 5.41) is 10.7. The number of nitrogens with one attached hydrogen (secondary N) is 1. The standard InChI is InChI=1S/C14H18FN3O2/c1-3-6-16-8-11-4-5-13(12(15)7-11)19-9-14-18-17-10(2)20-14/h4-5,7,16H,3,6,8-9H2,1-2H3. The highest BCUT2D eigenvalue weighted by molar-refractivity contribution is 5.29. The maximum Gasteiger partial charge on any atom is 0.253 e. The molecule has 5 nitrogen and oxygen atoms in total. The number of aromatic nitrogens is 2. The first-order chi connectivity index (χ1) is 9.69. The van der Waals surface area contributed by atoms with Crippen LogP contribution in [0.4, 0.5) is 4.39 Å². The molecule has 0 radical (unpaired) electrons. The fourth-order valence-electron chi connectivity index (χ4n) is 1.72. The first-order valence-corrected chi connectivity index (χ1v) is 6.60. The highest BCUT2D eigenvalue weighted by Crippen LogP contribution is 2.19. The zero-order valence-electron chi connectivity index (χ0n) is 11.6. The Morgan fingerprint density at radius 2 is 2.20 bits per heavy atom. The van der Waals surface area contributed by atoms with Crippen LogP contribution in [0.1, 0.15) is 30.7 Å². The van der Waals surface area contributed by atoms with Crippen LogP contribution in [-0.2, 0) is 13.2 Å². The monoisotopic (exact) mass is 279 g/mol. The summed E-state index contributed by atoms with van der Waals surface area (Å²) >= 11 is 0. The molecule has 1 heterocycles. The summed E-state index contributed by atoms with van der Waals surface area (Å²) in [5.74, 6) is 0.578. The van der Waals surface area contributed by atoms with Gasteiger partial charge in [0.25, 0.3) is 5.89 Å². The van der Waals surface area contributed by atoms with Crippen molar-refractivity contribution in [2.45, 2.75) is 33.4 Å². The molecular weight excluding hydrogens is 261 g/mol. The van der Waals surface area contributed by atoms with E-state index in [1.54, 1.807) is 13.0 Å². The van der Waals surface area contributed by atoms with Crippen LogP contribution in [-0.4, -0.2) is 16.7 Å². The summed E-state index contributed by atoms with van der Waals surface area (Å²) in [7, 11) is 0. The Balaban J connectivity index is 1.92. The predicted molar refractivity (Wildman–Crippen MR) is 71.8 cm³/mol. The summed E-state index contributed by atoms with van der Waals surface area (Å²) in [5.41, 5.74) is 0.886. The molecule has 20 heavy (non-hydrogen) atoms. The lowest BCUT2D eigenvalue weighted by atomic mass is 10.2. The zero-order chi connectivity index (χ0) is 14.4. The molecule has 0 saturated carbocycles. The van der Waals surface area contributed by atoms with Gasteiger partial charge in [0.15, 0.2) is 18.2 Å². The van der Waals surface area contributed by atoms with Crippen LogP contribution in [0, 0.1) is 12.7 Å². The number of nitrogens with zero attached hydrogens (tertiary/aromatic N) is 2. The van der Waals surface area contributed by atoms with Gasteiger partial charge in [0.1, 0.15) is 0 Å². The number of ether oxygens (including phenoxy) is 1. The molecular formula is C14H18FN3O2. The molecule has 0 bridgehead atoms. The SMILES string of the molecule is CCCNCc1ccc(OCc2nnc(C)o2)c(F)c1. The third-order valence-electron chi connectivity index (χ3n) is 2.67. The molecule has 0 unspecified atom stereocenters. The summed E-state index contributed by atoms with van der Waals surface area (Å²) in [6, 6.07) is 4.92. The smallest absolute Gasteiger partial charge is 0.253 e. The van der Waals surface area contributed by atoms with Crippen LogP contribution in [0.3, 0.4) is 0 Å². The molecule has 0 aliphatic carbocycles. The second kappa shape index (κ2) is 7.00. The number of rotatable bonds is 7. The van der Waals surface area contributed by atoms with Gasteiger partial charge in [-0.15, -0.1) is 10.2 Å². The second-order valence-corrected chi connectivity index (χ2v) is 4.45. The maximum atomic E-state index is 13.8. The van der Waals surface area contributed by atoms with Crippen molar-refractivity contribution in [1.29, 1.82) is 0 Å².